The van der Waals surface area contributed by atoms with Gasteiger partial charge in [-0.15, -0.1) is 6.58 Å². The van der Waals surface area contributed by atoms with E-state index in [-0.39, 0.29) is 10.6 Å². The van der Waals surface area contributed by atoms with Crippen LogP contribution in [-0.2, 0) is 23.1 Å². The molecule has 0 saturated carbocycles. The summed E-state index contributed by atoms with van der Waals surface area (Å²) in [6.45, 7) is 10.5. The third-order valence-corrected chi connectivity index (χ3v) is 6.14. The van der Waals surface area contributed by atoms with Crippen molar-refractivity contribution in [3.05, 3.63) is 95.6 Å². The number of ether oxygens (including phenoxy) is 1. The zero-order chi connectivity index (χ0) is 23.1. The van der Waals surface area contributed by atoms with Gasteiger partial charge in [0.25, 0.3) is 0 Å². The van der Waals surface area contributed by atoms with E-state index in [2.05, 4.69) is 11.9 Å². The van der Waals surface area contributed by atoms with Crippen molar-refractivity contribution < 1.29 is 17.3 Å². The van der Waals surface area contributed by atoms with Crippen molar-refractivity contribution in [2.45, 2.75) is 38.6 Å². The second-order valence-electron chi connectivity index (χ2n) is 7.58. The highest BCUT2D eigenvalue weighted by Gasteiger charge is 2.22. The van der Waals surface area contributed by atoms with Gasteiger partial charge in [-0.1, -0.05) is 41.5 Å². The molecule has 0 spiro atoms. The predicted octanol–water partition coefficient (Wildman–Crippen LogP) is 5.81. The smallest absolute Gasteiger partial charge is 0.339 e. The van der Waals surface area contributed by atoms with Crippen LogP contribution in [0.25, 0.3) is 0 Å². The van der Waals surface area contributed by atoms with Gasteiger partial charge in [0, 0.05) is 17.8 Å². The number of hydrogen-bond donors (Lipinski definition) is 1. The summed E-state index contributed by atoms with van der Waals surface area (Å²) in [7, 11) is -4.01. The first-order valence-corrected chi connectivity index (χ1v) is 11.9. The highest BCUT2D eigenvalue weighted by molar-refractivity contribution is 7.87. The lowest BCUT2D eigenvalue weighted by atomic mass is 10.1. The summed E-state index contributed by atoms with van der Waals surface area (Å²) in [4.78, 5) is 0.0974. The fraction of sp³-hybridized carbons (Fsp3) is 0.231. The Morgan fingerprint density at radius 2 is 1.59 bits per heavy atom. The zero-order valence-corrected chi connectivity index (χ0v) is 19.5. The van der Waals surface area contributed by atoms with Crippen molar-refractivity contribution in [3.8, 4) is 11.5 Å². The summed E-state index contributed by atoms with van der Waals surface area (Å²) in [6, 6.07) is 18.4. The number of allylic oxidation sites excluding steroid dienone is 1. The molecule has 0 saturated heterocycles. The van der Waals surface area contributed by atoms with Gasteiger partial charge in [0.2, 0.25) is 0 Å². The molecule has 0 aliphatic carbocycles. The van der Waals surface area contributed by atoms with Crippen LogP contribution in [0.5, 0.6) is 11.5 Å². The number of rotatable bonds is 10. The molecule has 0 atom stereocenters. The Balaban J connectivity index is 1.94. The molecular formula is C26H29NO4S. The summed E-state index contributed by atoms with van der Waals surface area (Å²) < 4.78 is 37.3. The van der Waals surface area contributed by atoms with Crippen LogP contribution >= 0.6 is 0 Å². The van der Waals surface area contributed by atoms with Crippen LogP contribution in [0.4, 0.5) is 5.69 Å². The quantitative estimate of drug-likeness (QED) is 0.311. The Bertz CT molecular complexity index is 1170. The molecule has 3 aromatic rings. The summed E-state index contributed by atoms with van der Waals surface area (Å²) in [5.41, 5.74) is 4.81. The molecule has 0 aromatic heterocycles. The minimum Gasteiger partial charge on any atom is -0.490 e. The highest BCUT2D eigenvalue weighted by atomic mass is 32.2. The largest absolute Gasteiger partial charge is 0.490 e. The van der Waals surface area contributed by atoms with E-state index in [1.54, 1.807) is 18.2 Å². The molecule has 0 fully saturated rings. The molecule has 0 bridgehead atoms. The van der Waals surface area contributed by atoms with Crippen molar-refractivity contribution in [1.82, 2.24) is 0 Å². The van der Waals surface area contributed by atoms with Gasteiger partial charge in [-0.3, -0.25) is 0 Å². The van der Waals surface area contributed by atoms with E-state index in [1.165, 1.54) is 17.7 Å². The number of benzene rings is 3. The lowest BCUT2D eigenvalue weighted by molar-refractivity contribution is 0.326. The van der Waals surface area contributed by atoms with Crippen LogP contribution in [0, 0.1) is 13.8 Å². The van der Waals surface area contributed by atoms with Gasteiger partial charge in [-0.05, 0) is 69.2 Å². The van der Waals surface area contributed by atoms with Gasteiger partial charge in [0.05, 0.1) is 6.61 Å². The van der Waals surface area contributed by atoms with E-state index >= 15 is 0 Å². The molecule has 0 unspecified atom stereocenters. The topological polar surface area (TPSA) is 64.6 Å². The third-order valence-electron chi connectivity index (χ3n) is 4.91. The second kappa shape index (κ2) is 10.4. The van der Waals surface area contributed by atoms with Crippen LogP contribution in [-0.4, -0.2) is 15.0 Å². The molecule has 5 nitrogen and oxygen atoms in total. The van der Waals surface area contributed by atoms with Crippen molar-refractivity contribution in [1.29, 1.82) is 0 Å². The van der Waals surface area contributed by atoms with Gasteiger partial charge in [0.15, 0.2) is 11.5 Å². The average molecular weight is 452 g/mol. The van der Waals surface area contributed by atoms with E-state index in [0.29, 0.717) is 30.9 Å². The van der Waals surface area contributed by atoms with Crippen molar-refractivity contribution in [2.24, 2.45) is 0 Å². The standard InChI is InChI=1S/C26H29NO4S/c1-5-7-22-16-21(18-27-23-12-8-19(3)9-13-23)17-25(30-6-2)26(22)31-32(28,29)24-14-10-20(4)11-15-24/h5,8-17,27H,1,6-7,18H2,2-4H3. The van der Waals surface area contributed by atoms with Crippen LogP contribution in [0.15, 0.2) is 78.2 Å². The maximum atomic E-state index is 12.9. The van der Waals surface area contributed by atoms with E-state index in [4.69, 9.17) is 8.92 Å². The van der Waals surface area contributed by atoms with Gasteiger partial charge in [0.1, 0.15) is 4.90 Å². The first-order valence-electron chi connectivity index (χ1n) is 10.5. The summed E-state index contributed by atoms with van der Waals surface area (Å²) in [5.74, 6) is 0.592. The van der Waals surface area contributed by atoms with Gasteiger partial charge in [-0.2, -0.15) is 8.42 Å². The molecular weight excluding hydrogens is 422 g/mol. The molecule has 32 heavy (non-hydrogen) atoms. The molecule has 0 aliphatic heterocycles. The van der Waals surface area contributed by atoms with E-state index < -0.39 is 10.1 Å². The highest BCUT2D eigenvalue weighted by Crippen LogP contribution is 2.36. The van der Waals surface area contributed by atoms with Gasteiger partial charge < -0.3 is 14.2 Å². The zero-order valence-electron chi connectivity index (χ0n) is 18.7. The normalized spacial score (nSPS) is 11.1. The maximum Gasteiger partial charge on any atom is 0.339 e. The fourth-order valence-electron chi connectivity index (χ4n) is 3.23. The fourth-order valence-corrected chi connectivity index (χ4v) is 4.20. The van der Waals surface area contributed by atoms with Gasteiger partial charge in [-0.25, -0.2) is 0 Å². The summed E-state index contributed by atoms with van der Waals surface area (Å²) in [6.07, 6.45) is 2.16. The van der Waals surface area contributed by atoms with Crippen LogP contribution in [0.3, 0.4) is 0 Å². The molecule has 1 N–H and O–H groups in total. The summed E-state index contributed by atoms with van der Waals surface area (Å²) in [5, 5.41) is 3.39. The SMILES string of the molecule is C=CCc1cc(CNc2ccc(C)cc2)cc(OCC)c1OS(=O)(=O)c1ccc(C)cc1. The Morgan fingerprint density at radius 1 is 0.969 bits per heavy atom. The number of aryl methyl sites for hydroxylation is 2. The summed E-state index contributed by atoms with van der Waals surface area (Å²) >= 11 is 0. The molecule has 168 valence electrons. The first-order chi connectivity index (χ1) is 15.3. The maximum absolute atomic E-state index is 12.9. The lowest BCUT2D eigenvalue weighted by Gasteiger charge is -2.18. The number of anilines is 1. The van der Waals surface area contributed by atoms with E-state index in [0.717, 1.165) is 16.8 Å². The van der Waals surface area contributed by atoms with Crippen molar-refractivity contribution >= 4 is 15.8 Å². The molecule has 3 rings (SSSR count). The molecule has 0 aliphatic rings. The monoisotopic (exact) mass is 451 g/mol. The average Bonchev–Trinajstić information content (AvgIpc) is 2.76. The van der Waals surface area contributed by atoms with E-state index in [1.807, 2.05) is 57.2 Å². The van der Waals surface area contributed by atoms with Crippen molar-refractivity contribution in [3.63, 3.8) is 0 Å². The third kappa shape index (κ3) is 5.92. The Hall–Kier alpha value is -3.25. The number of hydrogen-bond acceptors (Lipinski definition) is 5. The predicted molar refractivity (Wildman–Crippen MR) is 129 cm³/mol. The van der Waals surface area contributed by atoms with Crippen molar-refractivity contribution in [2.75, 3.05) is 11.9 Å². The Morgan fingerprint density at radius 3 is 2.19 bits per heavy atom. The second-order valence-corrected chi connectivity index (χ2v) is 9.12. The molecule has 6 heteroatoms. The first kappa shape index (κ1) is 23.4. The molecule has 0 amide bonds. The van der Waals surface area contributed by atoms with Crippen LogP contribution in [0.2, 0.25) is 0 Å². The lowest BCUT2D eigenvalue weighted by Crippen LogP contribution is -2.13. The van der Waals surface area contributed by atoms with E-state index in [9.17, 15) is 8.42 Å². The Labute approximate surface area is 190 Å². The Kier molecular flexibility index (Phi) is 7.59. The molecule has 3 aromatic carbocycles. The minimum absolute atomic E-state index is 0.0974. The van der Waals surface area contributed by atoms with Gasteiger partial charge >= 0.3 is 10.1 Å². The molecule has 0 heterocycles. The minimum atomic E-state index is -4.01. The number of nitrogens with one attached hydrogen (secondary N) is 1. The van der Waals surface area contributed by atoms with Crippen LogP contribution < -0.4 is 14.2 Å². The van der Waals surface area contributed by atoms with Crippen LogP contribution in [0.1, 0.15) is 29.2 Å². The molecule has 0 radical (unpaired) electrons.